The van der Waals surface area contributed by atoms with Crippen molar-refractivity contribution in [1.82, 2.24) is 12.3 Å². The average Bonchev–Trinajstić information content (AvgIpc) is 1.19. The van der Waals surface area contributed by atoms with Gasteiger partial charge >= 0.3 is 0 Å². The maximum atomic E-state index is 8.63. The van der Waals surface area contributed by atoms with Crippen LogP contribution in [0.2, 0.25) is 0 Å². The summed E-state index contributed by atoms with van der Waals surface area (Å²) in [4.78, 5) is 8.25. The van der Waals surface area contributed by atoms with Crippen molar-refractivity contribution < 1.29 is 22.6 Å². The molecule has 11 heavy (non-hydrogen) atoms. The zero-order valence-electron chi connectivity index (χ0n) is 5.75. The van der Waals surface area contributed by atoms with Crippen LogP contribution in [0.25, 0.3) is 0 Å². The highest BCUT2D eigenvalue weighted by Gasteiger charge is 1.67. The average molecular weight is 195 g/mol. The SMILES string of the molecule is O=S(=O)([O-])O.O=[N+]([O-])[O-].[NH4+].[NH4+]. The van der Waals surface area contributed by atoms with Gasteiger partial charge in [-0.2, -0.15) is 0 Å². The van der Waals surface area contributed by atoms with Gasteiger partial charge in [-0.05, 0) is 0 Å². The summed E-state index contributed by atoms with van der Waals surface area (Å²) < 4.78 is 32.8. The Balaban J connectivity index is -0.0000000383. The number of hydrogen-bond donors (Lipinski definition) is 3. The first kappa shape index (κ1) is 22.5. The van der Waals surface area contributed by atoms with Crippen LogP contribution in [0.15, 0.2) is 0 Å². The molecule has 0 aliphatic rings. The van der Waals surface area contributed by atoms with Crippen molar-refractivity contribution in [1.29, 1.82) is 0 Å². The summed E-state index contributed by atoms with van der Waals surface area (Å²) in [6.07, 6.45) is 0. The molecular formula is H9N3O7S. The standard InChI is InChI=1S/NO3.2H3N.H2O4S/c2-1(3)4;;;1-5(2,3)4/h;2*1H3;(H2,1,2,3,4)/q-1;;;/p+1. The lowest BCUT2D eigenvalue weighted by Gasteiger charge is -1.88. The van der Waals surface area contributed by atoms with E-state index < -0.39 is 15.5 Å². The minimum Gasteiger partial charge on any atom is -0.726 e. The third-order valence-corrected chi connectivity index (χ3v) is 0. The van der Waals surface area contributed by atoms with Gasteiger partial charge in [0, 0.05) is 0 Å². The van der Waals surface area contributed by atoms with Crippen molar-refractivity contribution in [2.24, 2.45) is 0 Å². The molecule has 0 bridgehead atoms. The molecule has 0 atom stereocenters. The van der Waals surface area contributed by atoms with Crippen molar-refractivity contribution in [2.45, 2.75) is 0 Å². The second-order valence-corrected chi connectivity index (χ2v) is 1.51. The molecule has 0 spiro atoms. The van der Waals surface area contributed by atoms with E-state index in [2.05, 4.69) is 0 Å². The molecule has 0 aromatic rings. The molecule has 0 aliphatic heterocycles. The number of quaternary nitrogens is 2. The Kier molecular flexibility index (Phi) is 18.4. The first-order valence-electron chi connectivity index (χ1n) is 1.23. The molecule has 0 aromatic heterocycles. The summed E-state index contributed by atoms with van der Waals surface area (Å²) in [6, 6.07) is 0. The second kappa shape index (κ2) is 8.99. The molecular weight excluding hydrogens is 186 g/mol. The van der Waals surface area contributed by atoms with E-state index in [-0.39, 0.29) is 12.3 Å². The van der Waals surface area contributed by atoms with Gasteiger partial charge in [-0.25, -0.2) is 8.42 Å². The highest BCUT2D eigenvalue weighted by Crippen LogP contribution is 1.58. The number of rotatable bonds is 0. The molecule has 0 unspecified atom stereocenters. The lowest BCUT2D eigenvalue weighted by molar-refractivity contribution is -0.402. The molecule has 72 valence electrons. The summed E-state index contributed by atoms with van der Waals surface area (Å²) in [5, 5.41) is 14.8. The number of nitrogens with zero attached hydrogens (tertiary/aromatic N) is 1. The quantitative estimate of drug-likeness (QED) is 0.199. The van der Waals surface area contributed by atoms with Crippen molar-refractivity contribution >= 4 is 10.4 Å². The van der Waals surface area contributed by atoms with E-state index in [0.717, 1.165) is 0 Å². The molecule has 11 heteroatoms. The Bertz CT molecular complexity index is 156. The smallest absolute Gasteiger partial charge is 0.215 e. The maximum absolute atomic E-state index is 8.63. The van der Waals surface area contributed by atoms with E-state index >= 15 is 0 Å². The van der Waals surface area contributed by atoms with Crippen LogP contribution in [0.4, 0.5) is 0 Å². The zero-order valence-corrected chi connectivity index (χ0v) is 6.57. The molecule has 9 N–H and O–H groups in total. The summed E-state index contributed by atoms with van der Waals surface area (Å²) in [7, 11) is -4.92. The Hall–Kier alpha value is -1.01. The summed E-state index contributed by atoms with van der Waals surface area (Å²) >= 11 is 0. The lowest BCUT2D eigenvalue weighted by atomic mass is 13.1. The second-order valence-electron chi connectivity index (χ2n) is 0.651. The summed E-state index contributed by atoms with van der Waals surface area (Å²) in [5.74, 6) is 0. The van der Waals surface area contributed by atoms with E-state index in [9.17, 15) is 0 Å². The monoisotopic (exact) mass is 195 g/mol. The van der Waals surface area contributed by atoms with Crippen LogP contribution in [-0.2, 0) is 10.4 Å². The minimum atomic E-state index is -4.92. The molecule has 0 aliphatic carbocycles. The van der Waals surface area contributed by atoms with Crippen LogP contribution >= 0.6 is 0 Å². The zero-order chi connectivity index (χ0) is 8.08. The van der Waals surface area contributed by atoms with E-state index in [4.69, 9.17) is 32.8 Å². The van der Waals surface area contributed by atoms with E-state index in [1.165, 1.54) is 0 Å². The van der Waals surface area contributed by atoms with Crippen LogP contribution in [0.1, 0.15) is 0 Å². The van der Waals surface area contributed by atoms with Crippen LogP contribution in [0.5, 0.6) is 0 Å². The molecule has 0 amide bonds. The van der Waals surface area contributed by atoms with Gasteiger partial charge in [-0.3, -0.25) is 4.55 Å². The number of hydrogen-bond acceptors (Lipinski definition) is 6. The highest BCUT2D eigenvalue weighted by molar-refractivity contribution is 7.79. The van der Waals surface area contributed by atoms with Crippen molar-refractivity contribution in [2.75, 3.05) is 0 Å². The topological polar surface area (TPSA) is 217 Å². The van der Waals surface area contributed by atoms with Crippen molar-refractivity contribution in [3.05, 3.63) is 15.3 Å². The third kappa shape index (κ3) is 431. The normalized spacial score (nSPS) is 7.45. The highest BCUT2D eigenvalue weighted by atomic mass is 32.3. The Labute approximate surface area is 61.7 Å². The van der Waals surface area contributed by atoms with Crippen LogP contribution in [0.3, 0.4) is 0 Å². The predicted octanol–water partition coefficient (Wildman–Crippen LogP) is -0.482. The van der Waals surface area contributed by atoms with Crippen LogP contribution < -0.4 is 12.3 Å². The van der Waals surface area contributed by atoms with Crippen molar-refractivity contribution in [3.63, 3.8) is 0 Å². The fourth-order valence-electron chi connectivity index (χ4n) is 0. The lowest BCUT2D eigenvalue weighted by Crippen LogP contribution is -1.90. The summed E-state index contributed by atoms with van der Waals surface area (Å²) in [5.41, 5.74) is 0. The molecule has 0 rings (SSSR count). The van der Waals surface area contributed by atoms with Gasteiger partial charge in [0.2, 0.25) is 10.4 Å². The third-order valence-electron chi connectivity index (χ3n) is 0. The molecule has 0 saturated heterocycles. The van der Waals surface area contributed by atoms with Crippen LogP contribution in [-0.4, -0.2) is 22.6 Å². The molecule has 0 heterocycles. The molecule has 0 radical (unpaired) electrons. The fourth-order valence-corrected chi connectivity index (χ4v) is 0. The molecule has 0 fully saturated rings. The molecule has 10 nitrogen and oxygen atoms in total. The van der Waals surface area contributed by atoms with Crippen molar-refractivity contribution in [3.8, 4) is 0 Å². The van der Waals surface area contributed by atoms with Gasteiger partial charge < -0.3 is 32.2 Å². The van der Waals surface area contributed by atoms with Gasteiger partial charge in [-0.15, -0.1) is 0 Å². The molecule has 0 aromatic carbocycles. The van der Waals surface area contributed by atoms with Gasteiger partial charge in [0.05, 0.1) is 5.09 Å². The minimum absolute atomic E-state index is 0. The van der Waals surface area contributed by atoms with Gasteiger partial charge in [0.1, 0.15) is 0 Å². The predicted molar refractivity (Wildman–Crippen MR) is 34.7 cm³/mol. The first-order chi connectivity index (χ1) is 3.73. The maximum Gasteiger partial charge on any atom is 0.215 e. The van der Waals surface area contributed by atoms with Gasteiger partial charge in [-0.1, -0.05) is 0 Å². The Morgan fingerprint density at radius 3 is 1.18 bits per heavy atom. The van der Waals surface area contributed by atoms with E-state index in [1.54, 1.807) is 0 Å². The van der Waals surface area contributed by atoms with E-state index in [1.807, 2.05) is 0 Å². The Morgan fingerprint density at radius 2 is 1.18 bits per heavy atom. The largest absolute Gasteiger partial charge is 0.726 e. The van der Waals surface area contributed by atoms with Crippen LogP contribution in [0, 0.1) is 15.3 Å². The van der Waals surface area contributed by atoms with Gasteiger partial charge in [0.15, 0.2) is 0 Å². The van der Waals surface area contributed by atoms with E-state index in [0.29, 0.717) is 0 Å². The first-order valence-corrected chi connectivity index (χ1v) is 2.60. The van der Waals surface area contributed by atoms with Gasteiger partial charge in [0.25, 0.3) is 0 Å². The summed E-state index contributed by atoms with van der Waals surface area (Å²) in [6.45, 7) is 0. The molecule has 0 saturated carbocycles. The Morgan fingerprint density at radius 1 is 1.18 bits per heavy atom. The fraction of sp³-hybridized carbons (Fsp3) is 0.